The van der Waals surface area contributed by atoms with Gasteiger partial charge in [-0.05, 0) is 22.0 Å². The van der Waals surface area contributed by atoms with Crippen LogP contribution in [-0.2, 0) is 0 Å². The summed E-state index contributed by atoms with van der Waals surface area (Å²) in [6, 6.07) is 2.00. The number of carbonyl (C=O) groups is 1. The standard InChI is InChI=1S/C10H9BrN2OS3/c11-6-3-8(16-4-6)10-13-7(5-17-10)9(14)12-1-2-15/h3-5,15H,1-2H2,(H,12,14). The van der Waals surface area contributed by atoms with Crippen molar-refractivity contribution in [3.8, 4) is 9.88 Å². The number of carbonyl (C=O) groups excluding carboxylic acids is 1. The van der Waals surface area contributed by atoms with E-state index in [-0.39, 0.29) is 5.91 Å². The molecule has 0 aromatic carbocycles. The Bertz CT molecular complexity index is 523. The van der Waals surface area contributed by atoms with E-state index >= 15 is 0 Å². The second kappa shape index (κ2) is 5.99. The lowest BCUT2D eigenvalue weighted by atomic mass is 10.4. The van der Waals surface area contributed by atoms with Crippen molar-refractivity contribution in [3.05, 3.63) is 27.0 Å². The summed E-state index contributed by atoms with van der Waals surface area (Å²) >= 11 is 10.5. The molecular weight excluding hydrogens is 340 g/mol. The summed E-state index contributed by atoms with van der Waals surface area (Å²) in [5.41, 5.74) is 0.469. The van der Waals surface area contributed by atoms with Gasteiger partial charge in [0.05, 0.1) is 4.88 Å². The van der Waals surface area contributed by atoms with E-state index in [2.05, 4.69) is 38.9 Å². The van der Waals surface area contributed by atoms with E-state index in [0.717, 1.165) is 14.4 Å². The molecule has 0 atom stereocenters. The Balaban J connectivity index is 2.13. The maximum atomic E-state index is 11.6. The molecule has 0 saturated carbocycles. The second-order valence-electron chi connectivity index (χ2n) is 3.15. The molecule has 0 unspecified atom stereocenters. The SMILES string of the molecule is O=C(NCCS)c1csc(-c2cc(Br)cs2)n1. The molecule has 17 heavy (non-hydrogen) atoms. The Morgan fingerprint density at radius 2 is 2.29 bits per heavy atom. The summed E-state index contributed by atoms with van der Waals surface area (Å²) in [6.45, 7) is 0.555. The van der Waals surface area contributed by atoms with Gasteiger partial charge in [-0.2, -0.15) is 12.6 Å². The van der Waals surface area contributed by atoms with Crippen molar-refractivity contribution in [2.45, 2.75) is 0 Å². The van der Waals surface area contributed by atoms with E-state index in [0.29, 0.717) is 18.0 Å². The minimum absolute atomic E-state index is 0.142. The molecule has 2 aromatic heterocycles. The Labute approximate surface area is 121 Å². The van der Waals surface area contributed by atoms with Gasteiger partial charge in [0.1, 0.15) is 10.7 Å². The number of thiol groups is 1. The van der Waals surface area contributed by atoms with Crippen LogP contribution in [0.5, 0.6) is 0 Å². The summed E-state index contributed by atoms with van der Waals surface area (Å²) in [6.07, 6.45) is 0. The maximum Gasteiger partial charge on any atom is 0.270 e. The second-order valence-corrected chi connectivity index (χ2v) is 6.28. The Morgan fingerprint density at radius 3 is 2.94 bits per heavy atom. The fourth-order valence-electron chi connectivity index (χ4n) is 1.18. The zero-order valence-corrected chi connectivity index (χ0v) is 12.8. The molecule has 2 rings (SSSR count). The number of hydrogen-bond donors (Lipinski definition) is 2. The Hall–Kier alpha value is -0.370. The van der Waals surface area contributed by atoms with Crippen LogP contribution in [0.4, 0.5) is 0 Å². The highest BCUT2D eigenvalue weighted by Crippen LogP contribution is 2.31. The maximum absolute atomic E-state index is 11.6. The third-order valence-corrected chi connectivity index (χ3v) is 4.84. The average molecular weight is 349 g/mol. The van der Waals surface area contributed by atoms with Crippen molar-refractivity contribution in [1.82, 2.24) is 10.3 Å². The fraction of sp³-hybridized carbons (Fsp3) is 0.200. The van der Waals surface area contributed by atoms with Crippen molar-refractivity contribution in [3.63, 3.8) is 0 Å². The number of thiophene rings is 1. The summed E-state index contributed by atoms with van der Waals surface area (Å²) in [7, 11) is 0. The fourth-order valence-corrected chi connectivity index (χ4v) is 3.60. The smallest absolute Gasteiger partial charge is 0.270 e. The lowest BCUT2D eigenvalue weighted by Crippen LogP contribution is -2.25. The molecule has 0 aliphatic carbocycles. The molecule has 0 aliphatic rings. The van der Waals surface area contributed by atoms with Crippen molar-refractivity contribution < 1.29 is 4.79 Å². The number of aromatic nitrogens is 1. The monoisotopic (exact) mass is 348 g/mol. The van der Waals surface area contributed by atoms with Gasteiger partial charge >= 0.3 is 0 Å². The van der Waals surface area contributed by atoms with Gasteiger partial charge in [-0.25, -0.2) is 4.98 Å². The quantitative estimate of drug-likeness (QED) is 0.832. The van der Waals surface area contributed by atoms with Gasteiger partial charge in [-0.15, -0.1) is 22.7 Å². The first-order valence-corrected chi connectivity index (χ1v) is 7.98. The number of amides is 1. The topological polar surface area (TPSA) is 42.0 Å². The average Bonchev–Trinajstić information content (AvgIpc) is 2.93. The van der Waals surface area contributed by atoms with Crippen LogP contribution in [0.25, 0.3) is 9.88 Å². The summed E-state index contributed by atoms with van der Waals surface area (Å²) in [4.78, 5) is 17.0. The molecule has 1 N–H and O–H groups in total. The van der Waals surface area contributed by atoms with Gasteiger partial charge in [0.15, 0.2) is 0 Å². The molecule has 1 amide bonds. The first kappa shape index (κ1) is 13.1. The van der Waals surface area contributed by atoms with Gasteiger partial charge in [0, 0.05) is 27.5 Å². The number of rotatable bonds is 4. The molecule has 0 radical (unpaired) electrons. The molecule has 7 heteroatoms. The third kappa shape index (κ3) is 3.31. The van der Waals surface area contributed by atoms with Gasteiger partial charge in [0.2, 0.25) is 0 Å². The number of nitrogens with zero attached hydrogens (tertiary/aromatic N) is 1. The van der Waals surface area contributed by atoms with E-state index in [1.165, 1.54) is 11.3 Å². The van der Waals surface area contributed by atoms with Crippen LogP contribution in [0.3, 0.4) is 0 Å². The van der Waals surface area contributed by atoms with Crippen LogP contribution < -0.4 is 5.32 Å². The molecule has 0 aliphatic heterocycles. The van der Waals surface area contributed by atoms with Gasteiger partial charge < -0.3 is 5.32 Å². The predicted molar refractivity (Wildman–Crippen MR) is 79.3 cm³/mol. The van der Waals surface area contributed by atoms with E-state index in [1.54, 1.807) is 16.7 Å². The molecule has 3 nitrogen and oxygen atoms in total. The van der Waals surface area contributed by atoms with Gasteiger partial charge in [-0.3, -0.25) is 4.79 Å². The van der Waals surface area contributed by atoms with Crippen LogP contribution in [0, 0.1) is 0 Å². The first-order valence-electron chi connectivity index (χ1n) is 4.79. The minimum atomic E-state index is -0.142. The molecule has 0 spiro atoms. The highest BCUT2D eigenvalue weighted by molar-refractivity contribution is 9.10. The van der Waals surface area contributed by atoms with Crippen LogP contribution in [0.15, 0.2) is 21.3 Å². The van der Waals surface area contributed by atoms with Crippen LogP contribution in [-0.4, -0.2) is 23.2 Å². The Morgan fingerprint density at radius 1 is 1.47 bits per heavy atom. The third-order valence-electron chi connectivity index (χ3n) is 1.91. The lowest BCUT2D eigenvalue weighted by Gasteiger charge is -1.98. The van der Waals surface area contributed by atoms with Crippen molar-refractivity contribution in [2.75, 3.05) is 12.3 Å². The van der Waals surface area contributed by atoms with Crippen LogP contribution >= 0.6 is 51.2 Å². The zero-order valence-electron chi connectivity index (χ0n) is 8.64. The molecule has 2 heterocycles. The molecule has 90 valence electrons. The summed E-state index contributed by atoms with van der Waals surface area (Å²) in [5, 5.41) is 7.39. The zero-order chi connectivity index (χ0) is 12.3. The largest absolute Gasteiger partial charge is 0.350 e. The highest BCUT2D eigenvalue weighted by atomic mass is 79.9. The number of halogens is 1. The van der Waals surface area contributed by atoms with E-state index in [4.69, 9.17) is 0 Å². The van der Waals surface area contributed by atoms with Crippen LogP contribution in [0.2, 0.25) is 0 Å². The number of nitrogens with one attached hydrogen (secondary N) is 1. The lowest BCUT2D eigenvalue weighted by molar-refractivity contribution is 0.0952. The van der Waals surface area contributed by atoms with E-state index < -0.39 is 0 Å². The molecule has 0 bridgehead atoms. The molecule has 2 aromatic rings. The van der Waals surface area contributed by atoms with E-state index in [9.17, 15) is 4.79 Å². The minimum Gasteiger partial charge on any atom is -0.350 e. The highest BCUT2D eigenvalue weighted by Gasteiger charge is 2.12. The molecule has 0 saturated heterocycles. The van der Waals surface area contributed by atoms with E-state index in [1.807, 2.05) is 11.4 Å². The number of hydrogen-bond acceptors (Lipinski definition) is 5. The molecular formula is C10H9BrN2OS3. The summed E-state index contributed by atoms with van der Waals surface area (Å²) in [5.74, 6) is 0.484. The molecule has 0 fully saturated rings. The van der Waals surface area contributed by atoms with Crippen molar-refractivity contribution in [2.24, 2.45) is 0 Å². The Kier molecular flexibility index (Phi) is 4.61. The van der Waals surface area contributed by atoms with Gasteiger partial charge in [0.25, 0.3) is 5.91 Å². The first-order chi connectivity index (χ1) is 8.20. The van der Waals surface area contributed by atoms with Crippen LogP contribution in [0.1, 0.15) is 10.5 Å². The van der Waals surface area contributed by atoms with Crippen molar-refractivity contribution in [1.29, 1.82) is 0 Å². The predicted octanol–water partition coefficient (Wildman–Crippen LogP) is 3.29. The normalized spacial score (nSPS) is 10.5. The number of thiazole rings is 1. The van der Waals surface area contributed by atoms with Crippen molar-refractivity contribution >= 4 is 57.1 Å². The summed E-state index contributed by atoms with van der Waals surface area (Å²) < 4.78 is 1.04. The van der Waals surface area contributed by atoms with Gasteiger partial charge in [-0.1, -0.05) is 0 Å².